The van der Waals surface area contributed by atoms with Crippen LogP contribution < -0.4 is 10.5 Å². The number of amides is 1. The molecule has 1 unspecified atom stereocenters. The highest BCUT2D eigenvalue weighted by molar-refractivity contribution is 6.01. The zero-order valence-electron chi connectivity index (χ0n) is 10.6. The molecule has 1 heterocycles. The van der Waals surface area contributed by atoms with Gasteiger partial charge < -0.3 is 20.5 Å². The molecule has 1 aromatic rings. The van der Waals surface area contributed by atoms with Crippen LogP contribution in [0.1, 0.15) is 23.2 Å². The maximum Gasteiger partial charge on any atom is 0.326 e. The molecule has 0 aromatic heterocycles. The van der Waals surface area contributed by atoms with Crippen molar-refractivity contribution in [3.63, 3.8) is 0 Å². The van der Waals surface area contributed by atoms with Crippen LogP contribution in [0.15, 0.2) is 18.2 Å². The van der Waals surface area contributed by atoms with Gasteiger partial charge >= 0.3 is 5.97 Å². The van der Waals surface area contributed by atoms with Gasteiger partial charge in [-0.25, -0.2) is 4.79 Å². The first-order valence-corrected chi connectivity index (χ1v) is 6.02. The number of nitrogen functional groups attached to an aromatic ring is 1. The van der Waals surface area contributed by atoms with Gasteiger partial charge in [-0.05, 0) is 25.0 Å². The normalized spacial score (nSPS) is 18.4. The van der Waals surface area contributed by atoms with Gasteiger partial charge in [0.1, 0.15) is 11.8 Å². The first kappa shape index (κ1) is 13.2. The largest absolute Gasteiger partial charge is 0.497 e. The first-order valence-electron chi connectivity index (χ1n) is 6.02. The second kappa shape index (κ2) is 5.17. The summed E-state index contributed by atoms with van der Waals surface area (Å²) in [6.45, 7) is 0.446. The number of nitrogens with two attached hydrogens (primary N) is 1. The van der Waals surface area contributed by atoms with Gasteiger partial charge in [0.2, 0.25) is 0 Å². The Hall–Kier alpha value is -2.24. The van der Waals surface area contributed by atoms with Crippen LogP contribution in [-0.4, -0.2) is 41.6 Å². The van der Waals surface area contributed by atoms with Crippen molar-refractivity contribution in [1.82, 2.24) is 4.90 Å². The molecule has 102 valence electrons. The van der Waals surface area contributed by atoms with Gasteiger partial charge in [-0.2, -0.15) is 0 Å². The highest BCUT2D eigenvalue weighted by Gasteiger charge is 2.34. The molecule has 0 radical (unpaired) electrons. The Morgan fingerprint density at radius 2 is 2.21 bits per heavy atom. The van der Waals surface area contributed by atoms with Crippen molar-refractivity contribution in [2.75, 3.05) is 19.4 Å². The molecule has 1 saturated heterocycles. The number of methoxy groups -OCH3 is 1. The van der Waals surface area contributed by atoms with Crippen LogP contribution in [-0.2, 0) is 4.79 Å². The smallest absolute Gasteiger partial charge is 0.326 e. The summed E-state index contributed by atoms with van der Waals surface area (Å²) in [5, 5.41) is 9.09. The van der Waals surface area contributed by atoms with Gasteiger partial charge in [0, 0.05) is 18.3 Å². The number of rotatable bonds is 3. The Kier molecular flexibility index (Phi) is 3.59. The summed E-state index contributed by atoms with van der Waals surface area (Å²) in [4.78, 5) is 24.8. The van der Waals surface area contributed by atoms with E-state index >= 15 is 0 Å². The number of aliphatic carboxylic acids is 1. The quantitative estimate of drug-likeness (QED) is 0.793. The van der Waals surface area contributed by atoms with Gasteiger partial charge in [-0.3, -0.25) is 4.79 Å². The van der Waals surface area contributed by atoms with Crippen LogP contribution in [0.5, 0.6) is 5.75 Å². The molecule has 0 bridgehead atoms. The molecule has 1 aliphatic heterocycles. The fourth-order valence-electron chi connectivity index (χ4n) is 2.28. The van der Waals surface area contributed by atoms with Crippen LogP contribution in [0.25, 0.3) is 0 Å². The van der Waals surface area contributed by atoms with Crippen molar-refractivity contribution in [3.8, 4) is 5.75 Å². The molecule has 19 heavy (non-hydrogen) atoms. The zero-order valence-corrected chi connectivity index (χ0v) is 10.6. The lowest BCUT2D eigenvalue weighted by atomic mass is 10.1. The Balaban J connectivity index is 2.26. The SMILES string of the molecule is COc1ccc(C(=O)N2CCCC2C(=O)O)c(N)c1. The van der Waals surface area contributed by atoms with Crippen LogP contribution in [0, 0.1) is 0 Å². The molecule has 1 aromatic carbocycles. The third-order valence-corrected chi connectivity index (χ3v) is 3.29. The number of carbonyl (C=O) groups is 2. The number of carboxylic acids is 1. The van der Waals surface area contributed by atoms with Crippen LogP contribution in [0.4, 0.5) is 5.69 Å². The number of carbonyl (C=O) groups excluding carboxylic acids is 1. The van der Waals surface area contributed by atoms with E-state index in [4.69, 9.17) is 15.6 Å². The topological polar surface area (TPSA) is 92.9 Å². The minimum Gasteiger partial charge on any atom is -0.497 e. The van der Waals surface area contributed by atoms with E-state index in [2.05, 4.69) is 0 Å². The Morgan fingerprint density at radius 3 is 2.79 bits per heavy atom. The van der Waals surface area contributed by atoms with Crippen molar-refractivity contribution in [3.05, 3.63) is 23.8 Å². The molecule has 6 heteroatoms. The lowest BCUT2D eigenvalue weighted by molar-refractivity contribution is -0.141. The highest BCUT2D eigenvalue weighted by atomic mass is 16.5. The number of ether oxygens (including phenoxy) is 1. The molecule has 1 atom stereocenters. The van der Waals surface area contributed by atoms with E-state index in [9.17, 15) is 9.59 Å². The summed E-state index contributed by atoms with van der Waals surface area (Å²) in [7, 11) is 1.51. The van der Waals surface area contributed by atoms with Crippen molar-refractivity contribution in [2.24, 2.45) is 0 Å². The van der Waals surface area contributed by atoms with Gasteiger partial charge in [-0.1, -0.05) is 0 Å². The number of benzene rings is 1. The lowest BCUT2D eigenvalue weighted by Gasteiger charge is -2.22. The number of hydrogen-bond donors (Lipinski definition) is 2. The van der Waals surface area contributed by atoms with Gasteiger partial charge in [0.25, 0.3) is 5.91 Å². The Labute approximate surface area is 110 Å². The molecule has 0 saturated carbocycles. The maximum atomic E-state index is 12.3. The maximum absolute atomic E-state index is 12.3. The standard InChI is InChI=1S/C13H16N2O4/c1-19-8-4-5-9(10(14)7-8)12(16)15-6-2-3-11(15)13(17)18/h4-5,7,11H,2-3,6,14H2,1H3,(H,17,18). The summed E-state index contributed by atoms with van der Waals surface area (Å²) in [5.74, 6) is -0.756. The molecule has 6 nitrogen and oxygen atoms in total. The molecule has 1 fully saturated rings. The zero-order chi connectivity index (χ0) is 14.0. The minimum absolute atomic E-state index is 0.292. The van der Waals surface area contributed by atoms with Crippen LogP contribution in [0.2, 0.25) is 0 Å². The summed E-state index contributed by atoms with van der Waals surface area (Å²) in [6, 6.07) is 4.00. The van der Waals surface area contributed by atoms with Crippen molar-refractivity contribution in [2.45, 2.75) is 18.9 Å². The molecular weight excluding hydrogens is 248 g/mol. The van der Waals surface area contributed by atoms with E-state index in [0.717, 1.165) is 0 Å². The van der Waals surface area contributed by atoms with Gasteiger partial charge in [-0.15, -0.1) is 0 Å². The van der Waals surface area contributed by atoms with Gasteiger partial charge in [0.15, 0.2) is 0 Å². The number of carboxylic acid groups (broad SMARTS) is 1. The Bertz CT molecular complexity index is 515. The number of hydrogen-bond acceptors (Lipinski definition) is 4. The van der Waals surface area contributed by atoms with Crippen molar-refractivity contribution in [1.29, 1.82) is 0 Å². The van der Waals surface area contributed by atoms with Crippen molar-refractivity contribution >= 4 is 17.6 Å². The minimum atomic E-state index is -0.974. The Morgan fingerprint density at radius 1 is 1.47 bits per heavy atom. The molecule has 0 spiro atoms. The average molecular weight is 264 g/mol. The fourth-order valence-corrected chi connectivity index (χ4v) is 2.28. The van der Waals surface area contributed by atoms with Crippen LogP contribution >= 0.6 is 0 Å². The molecular formula is C13H16N2O4. The van der Waals surface area contributed by atoms with E-state index in [1.54, 1.807) is 18.2 Å². The number of likely N-dealkylation sites (tertiary alicyclic amines) is 1. The summed E-state index contributed by atoms with van der Waals surface area (Å²) in [6.07, 6.45) is 1.18. The van der Waals surface area contributed by atoms with E-state index in [1.807, 2.05) is 0 Å². The highest BCUT2D eigenvalue weighted by Crippen LogP contribution is 2.25. The molecule has 1 aliphatic rings. The lowest BCUT2D eigenvalue weighted by Crippen LogP contribution is -2.40. The third-order valence-electron chi connectivity index (χ3n) is 3.29. The summed E-state index contributed by atoms with van der Waals surface area (Å²) >= 11 is 0. The van der Waals surface area contributed by atoms with Crippen LogP contribution in [0.3, 0.4) is 0 Å². The summed E-state index contributed by atoms with van der Waals surface area (Å²) in [5.41, 5.74) is 6.42. The predicted octanol–water partition coefficient (Wildman–Crippen LogP) is 0.967. The van der Waals surface area contributed by atoms with E-state index < -0.39 is 12.0 Å². The summed E-state index contributed by atoms with van der Waals surface area (Å²) < 4.78 is 5.02. The van der Waals surface area contributed by atoms with Gasteiger partial charge in [0.05, 0.1) is 12.7 Å². The number of anilines is 1. The molecule has 3 N–H and O–H groups in total. The predicted molar refractivity (Wildman–Crippen MR) is 69.1 cm³/mol. The third kappa shape index (κ3) is 2.47. The number of nitrogens with zero attached hydrogens (tertiary/aromatic N) is 1. The average Bonchev–Trinajstić information content (AvgIpc) is 2.87. The fraction of sp³-hybridized carbons (Fsp3) is 0.385. The van der Waals surface area contributed by atoms with E-state index in [1.165, 1.54) is 12.0 Å². The monoisotopic (exact) mass is 264 g/mol. The molecule has 2 rings (SSSR count). The second-order valence-corrected chi connectivity index (χ2v) is 4.45. The second-order valence-electron chi connectivity index (χ2n) is 4.45. The molecule has 0 aliphatic carbocycles. The van der Waals surface area contributed by atoms with E-state index in [0.29, 0.717) is 36.4 Å². The van der Waals surface area contributed by atoms with E-state index in [-0.39, 0.29) is 5.91 Å². The first-order chi connectivity index (χ1) is 9.04. The van der Waals surface area contributed by atoms with Crippen molar-refractivity contribution < 1.29 is 19.4 Å². The molecule has 1 amide bonds.